The van der Waals surface area contributed by atoms with E-state index in [9.17, 15) is 22.8 Å². The van der Waals surface area contributed by atoms with Crippen LogP contribution in [0.4, 0.5) is 23.7 Å². The van der Waals surface area contributed by atoms with Crippen molar-refractivity contribution in [3.63, 3.8) is 0 Å². The van der Waals surface area contributed by atoms with Crippen molar-refractivity contribution in [2.24, 2.45) is 0 Å². The van der Waals surface area contributed by atoms with Gasteiger partial charge in [-0.2, -0.15) is 13.2 Å². The van der Waals surface area contributed by atoms with Crippen LogP contribution in [0, 0.1) is 0 Å². The van der Waals surface area contributed by atoms with Crippen molar-refractivity contribution in [2.75, 3.05) is 18.5 Å². The first kappa shape index (κ1) is 17.9. The molecule has 0 unspecified atom stereocenters. The van der Waals surface area contributed by atoms with Gasteiger partial charge >= 0.3 is 12.2 Å². The number of alkyl halides is 3. The average Bonchev–Trinajstić information content (AvgIpc) is 2.50. The molecule has 1 aromatic carbocycles. The highest BCUT2D eigenvalue weighted by Crippen LogP contribution is 2.35. The molecule has 0 saturated carbocycles. The number of carbonyl (C=O) groups excluding carboxylic acids is 2. The summed E-state index contributed by atoms with van der Waals surface area (Å²) in [6, 6.07) is 1.35. The lowest BCUT2D eigenvalue weighted by molar-refractivity contribution is -0.137. The molecule has 1 fully saturated rings. The lowest BCUT2D eigenvalue weighted by atomic mass is 10.1. The molecule has 0 aliphatic carbocycles. The van der Waals surface area contributed by atoms with Gasteiger partial charge in [0.05, 0.1) is 17.9 Å². The minimum absolute atomic E-state index is 0.111. The van der Waals surface area contributed by atoms with Crippen LogP contribution in [0.5, 0.6) is 5.75 Å². The van der Waals surface area contributed by atoms with Gasteiger partial charge in [-0.05, 0) is 38.0 Å². The van der Waals surface area contributed by atoms with Crippen LogP contribution in [0.3, 0.4) is 0 Å². The Morgan fingerprint density at radius 1 is 1.42 bits per heavy atom. The summed E-state index contributed by atoms with van der Waals surface area (Å²) in [5, 5.41) is 7.37. The second-order valence-electron chi connectivity index (χ2n) is 5.23. The summed E-state index contributed by atoms with van der Waals surface area (Å²) in [6.07, 6.45) is -3.36. The van der Waals surface area contributed by atoms with E-state index in [1.54, 1.807) is 6.92 Å². The maximum absolute atomic E-state index is 12.8. The van der Waals surface area contributed by atoms with Crippen LogP contribution < -0.4 is 20.7 Å². The van der Waals surface area contributed by atoms with Crippen LogP contribution in [0.2, 0.25) is 0 Å². The maximum atomic E-state index is 12.8. The van der Waals surface area contributed by atoms with Crippen LogP contribution >= 0.6 is 0 Å². The van der Waals surface area contributed by atoms with E-state index in [4.69, 9.17) is 4.74 Å². The summed E-state index contributed by atoms with van der Waals surface area (Å²) in [4.78, 5) is 23.6. The molecule has 1 heterocycles. The van der Waals surface area contributed by atoms with E-state index in [1.807, 2.05) is 0 Å². The quantitative estimate of drug-likeness (QED) is 0.784. The molecular weight excluding hydrogens is 327 g/mol. The largest absolute Gasteiger partial charge is 0.492 e. The molecule has 0 spiro atoms. The summed E-state index contributed by atoms with van der Waals surface area (Å²) in [5.74, 6) is -0.195. The number of nitrogens with one attached hydrogen (secondary N) is 3. The molecule has 132 valence electrons. The molecule has 1 aromatic rings. The molecule has 24 heavy (non-hydrogen) atoms. The molecule has 1 saturated heterocycles. The predicted molar refractivity (Wildman–Crippen MR) is 80.8 cm³/mol. The van der Waals surface area contributed by atoms with E-state index < -0.39 is 23.8 Å². The van der Waals surface area contributed by atoms with Crippen LogP contribution in [0.25, 0.3) is 0 Å². The van der Waals surface area contributed by atoms with E-state index in [0.717, 1.165) is 18.2 Å². The number of ether oxygens (including phenoxy) is 1. The monoisotopic (exact) mass is 345 g/mol. The first-order valence-electron chi connectivity index (χ1n) is 7.50. The first-order valence-corrected chi connectivity index (χ1v) is 7.50. The van der Waals surface area contributed by atoms with Gasteiger partial charge < -0.3 is 20.7 Å². The minimum Gasteiger partial charge on any atom is -0.492 e. The number of carbonyl (C=O) groups is 2. The van der Waals surface area contributed by atoms with E-state index >= 15 is 0 Å². The number of halogens is 3. The van der Waals surface area contributed by atoms with E-state index in [-0.39, 0.29) is 24.0 Å². The highest BCUT2D eigenvalue weighted by atomic mass is 19.4. The van der Waals surface area contributed by atoms with Gasteiger partial charge in [0.2, 0.25) is 5.91 Å². The van der Waals surface area contributed by atoms with Crippen molar-refractivity contribution in [2.45, 2.75) is 32.0 Å². The van der Waals surface area contributed by atoms with Gasteiger partial charge in [-0.25, -0.2) is 4.79 Å². The fourth-order valence-electron chi connectivity index (χ4n) is 2.31. The van der Waals surface area contributed by atoms with Crippen LogP contribution in [0.15, 0.2) is 18.2 Å². The zero-order valence-electron chi connectivity index (χ0n) is 13.0. The number of piperidine rings is 1. The number of hydrogen-bond donors (Lipinski definition) is 3. The predicted octanol–water partition coefficient (Wildman–Crippen LogP) is 2.50. The SMILES string of the molecule is CCOc1ccc(C(F)(F)F)cc1NC(=O)N[C@H]1CCCNC1=O. The number of anilines is 1. The van der Waals surface area contributed by atoms with Crippen LogP contribution in [-0.2, 0) is 11.0 Å². The summed E-state index contributed by atoms with van der Waals surface area (Å²) >= 11 is 0. The Morgan fingerprint density at radius 3 is 2.79 bits per heavy atom. The van der Waals surface area contributed by atoms with Crippen molar-refractivity contribution < 1.29 is 27.5 Å². The van der Waals surface area contributed by atoms with Crippen molar-refractivity contribution in [3.05, 3.63) is 23.8 Å². The average molecular weight is 345 g/mol. The van der Waals surface area contributed by atoms with Crippen LogP contribution in [0.1, 0.15) is 25.3 Å². The molecular formula is C15H18F3N3O3. The van der Waals surface area contributed by atoms with E-state index in [1.165, 1.54) is 0 Å². The molecule has 1 aliphatic heterocycles. The Hall–Kier alpha value is -2.45. The van der Waals surface area contributed by atoms with Crippen molar-refractivity contribution in [1.29, 1.82) is 0 Å². The maximum Gasteiger partial charge on any atom is 0.416 e. The molecule has 0 bridgehead atoms. The Kier molecular flexibility index (Phi) is 5.53. The molecule has 1 aliphatic rings. The first-order chi connectivity index (χ1) is 11.3. The van der Waals surface area contributed by atoms with Crippen molar-refractivity contribution in [3.8, 4) is 5.75 Å². The fraction of sp³-hybridized carbons (Fsp3) is 0.467. The Morgan fingerprint density at radius 2 is 2.17 bits per heavy atom. The molecule has 0 aromatic heterocycles. The lowest BCUT2D eigenvalue weighted by Gasteiger charge is -2.23. The zero-order chi connectivity index (χ0) is 17.7. The summed E-state index contributed by atoms with van der Waals surface area (Å²) in [6.45, 7) is 2.45. The number of benzene rings is 1. The molecule has 3 amide bonds. The summed E-state index contributed by atoms with van der Waals surface area (Å²) in [7, 11) is 0. The highest BCUT2D eigenvalue weighted by Gasteiger charge is 2.31. The van der Waals surface area contributed by atoms with Gasteiger partial charge in [0.25, 0.3) is 0 Å². The number of hydrogen-bond acceptors (Lipinski definition) is 3. The third-order valence-corrected chi connectivity index (χ3v) is 3.45. The molecule has 2 rings (SSSR count). The number of amides is 3. The Balaban J connectivity index is 2.13. The van der Waals surface area contributed by atoms with Crippen molar-refractivity contribution in [1.82, 2.24) is 10.6 Å². The van der Waals surface area contributed by atoms with Crippen molar-refractivity contribution >= 4 is 17.6 Å². The fourth-order valence-corrected chi connectivity index (χ4v) is 2.31. The van der Waals surface area contributed by atoms with E-state index in [0.29, 0.717) is 19.4 Å². The van der Waals surface area contributed by atoms with Gasteiger partial charge in [0, 0.05) is 6.54 Å². The van der Waals surface area contributed by atoms with Gasteiger partial charge in [-0.3, -0.25) is 4.79 Å². The number of urea groups is 1. The smallest absolute Gasteiger partial charge is 0.416 e. The number of rotatable bonds is 4. The standard InChI is InChI=1S/C15H18F3N3O3/c1-2-24-12-6-5-9(15(16,17)18)8-11(12)21-14(23)20-10-4-3-7-19-13(10)22/h5-6,8,10H,2-4,7H2,1H3,(H,19,22)(H2,20,21,23)/t10-/m0/s1. The lowest BCUT2D eigenvalue weighted by Crippen LogP contribution is -2.51. The van der Waals surface area contributed by atoms with Gasteiger partial charge in [-0.1, -0.05) is 0 Å². The molecule has 3 N–H and O–H groups in total. The minimum atomic E-state index is -4.54. The third kappa shape index (κ3) is 4.53. The van der Waals surface area contributed by atoms with Gasteiger partial charge in [0.1, 0.15) is 11.8 Å². The normalized spacial score (nSPS) is 17.8. The highest BCUT2D eigenvalue weighted by molar-refractivity contribution is 5.95. The Bertz CT molecular complexity index is 620. The summed E-state index contributed by atoms with van der Waals surface area (Å²) in [5.41, 5.74) is -1.02. The van der Waals surface area contributed by atoms with Gasteiger partial charge in [-0.15, -0.1) is 0 Å². The van der Waals surface area contributed by atoms with Gasteiger partial charge in [0.15, 0.2) is 0 Å². The third-order valence-electron chi connectivity index (χ3n) is 3.45. The van der Waals surface area contributed by atoms with E-state index in [2.05, 4.69) is 16.0 Å². The Labute approximate surface area is 136 Å². The molecule has 9 heteroatoms. The second-order valence-corrected chi connectivity index (χ2v) is 5.23. The molecule has 0 radical (unpaired) electrons. The molecule has 1 atom stereocenters. The zero-order valence-corrected chi connectivity index (χ0v) is 13.0. The topological polar surface area (TPSA) is 79.5 Å². The summed E-state index contributed by atoms with van der Waals surface area (Å²) < 4.78 is 43.7. The molecule has 6 nitrogen and oxygen atoms in total. The van der Waals surface area contributed by atoms with Crippen LogP contribution in [-0.4, -0.2) is 31.1 Å². The second kappa shape index (κ2) is 7.41.